The average Bonchev–Trinajstić information content (AvgIpc) is 2.74. The summed E-state index contributed by atoms with van der Waals surface area (Å²) in [6.07, 6.45) is 3.00. The van der Waals surface area contributed by atoms with Gasteiger partial charge in [-0.05, 0) is 18.6 Å². The first-order chi connectivity index (χ1) is 9.64. The van der Waals surface area contributed by atoms with Crippen molar-refractivity contribution in [1.82, 2.24) is 9.38 Å². The van der Waals surface area contributed by atoms with Gasteiger partial charge in [-0.1, -0.05) is 6.92 Å². The summed E-state index contributed by atoms with van der Waals surface area (Å²) < 4.78 is 53.3. The Morgan fingerprint density at radius 2 is 1.95 bits per heavy atom. The zero-order chi connectivity index (χ0) is 15.8. The van der Waals surface area contributed by atoms with Gasteiger partial charge in [0, 0.05) is 6.26 Å². The molecular weight excluding hydrogens is 318 g/mol. The fourth-order valence-electron chi connectivity index (χ4n) is 1.79. The van der Waals surface area contributed by atoms with Crippen molar-refractivity contribution in [2.24, 2.45) is 5.14 Å². The van der Waals surface area contributed by atoms with Crippen LogP contribution in [0.3, 0.4) is 0 Å². The molecular formula is C11H15N3O5S2. The molecule has 0 amide bonds. The predicted molar refractivity (Wildman–Crippen MR) is 75.5 cm³/mol. The van der Waals surface area contributed by atoms with Crippen LogP contribution in [0, 0.1) is 0 Å². The van der Waals surface area contributed by atoms with Crippen molar-refractivity contribution in [2.75, 3.05) is 12.9 Å². The second-order valence-corrected chi connectivity index (χ2v) is 7.89. The van der Waals surface area contributed by atoms with Gasteiger partial charge in [0.25, 0.3) is 10.0 Å². The number of sulfone groups is 1. The maximum atomic E-state index is 11.7. The van der Waals surface area contributed by atoms with E-state index in [2.05, 4.69) is 4.98 Å². The van der Waals surface area contributed by atoms with E-state index in [0.29, 0.717) is 12.4 Å². The monoisotopic (exact) mass is 333 g/mol. The number of nitrogens with two attached hydrogens (primary N) is 1. The fraction of sp³-hybridized carbons (Fsp3) is 0.364. The predicted octanol–water partition coefficient (Wildman–Crippen LogP) is 0.174. The minimum Gasteiger partial charge on any atom is -0.492 e. The number of ether oxygens (including phenoxy) is 1. The molecule has 0 atom stereocenters. The molecule has 2 aromatic heterocycles. The van der Waals surface area contributed by atoms with Crippen LogP contribution in [0.4, 0.5) is 0 Å². The number of hydrogen-bond acceptors (Lipinski definition) is 6. The molecule has 2 aromatic rings. The third-order valence-corrected chi connectivity index (χ3v) is 4.66. The van der Waals surface area contributed by atoms with E-state index in [1.54, 1.807) is 6.07 Å². The Morgan fingerprint density at radius 3 is 2.48 bits per heavy atom. The van der Waals surface area contributed by atoms with Gasteiger partial charge in [0.2, 0.25) is 0 Å². The number of sulfonamides is 1. The van der Waals surface area contributed by atoms with Gasteiger partial charge in [0.1, 0.15) is 11.4 Å². The number of pyridine rings is 1. The summed E-state index contributed by atoms with van der Waals surface area (Å²) in [6.45, 7) is 2.37. The van der Waals surface area contributed by atoms with E-state index in [4.69, 9.17) is 9.88 Å². The first kappa shape index (κ1) is 15.7. The van der Waals surface area contributed by atoms with Crippen LogP contribution in [0.25, 0.3) is 5.65 Å². The topological polar surface area (TPSA) is 121 Å². The second-order valence-electron chi connectivity index (χ2n) is 4.48. The average molecular weight is 333 g/mol. The van der Waals surface area contributed by atoms with E-state index in [-0.39, 0.29) is 5.65 Å². The highest BCUT2D eigenvalue weighted by molar-refractivity contribution is 7.93. The van der Waals surface area contributed by atoms with E-state index in [1.807, 2.05) is 6.92 Å². The van der Waals surface area contributed by atoms with Crippen LogP contribution in [-0.2, 0) is 19.9 Å². The number of imidazole rings is 1. The standard InChI is InChI=1S/C11H15N3O5S2/c1-3-6-19-8-4-5-9-13-10(20(2,15)16)11(14(9)7-8)21(12,17)18/h4-5,7H,3,6H2,1-2H3,(H2,12,17,18). The molecule has 0 aliphatic carbocycles. The lowest BCUT2D eigenvalue weighted by Gasteiger charge is -2.06. The van der Waals surface area contributed by atoms with Gasteiger partial charge in [0.05, 0.1) is 12.8 Å². The smallest absolute Gasteiger partial charge is 0.257 e. The normalized spacial score (nSPS) is 12.7. The van der Waals surface area contributed by atoms with Crippen molar-refractivity contribution >= 4 is 25.5 Å². The lowest BCUT2D eigenvalue weighted by Crippen LogP contribution is -2.18. The number of rotatable bonds is 5. The van der Waals surface area contributed by atoms with Crippen molar-refractivity contribution in [2.45, 2.75) is 23.4 Å². The number of hydrogen-bond donors (Lipinski definition) is 1. The van der Waals surface area contributed by atoms with E-state index < -0.39 is 29.9 Å². The first-order valence-electron chi connectivity index (χ1n) is 6.02. The van der Waals surface area contributed by atoms with E-state index in [0.717, 1.165) is 17.1 Å². The minimum absolute atomic E-state index is 0.156. The maximum absolute atomic E-state index is 11.7. The summed E-state index contributed by atoms with van der Waals surface area (Å²) in [5, 5.41) is 3.98. The number of primary sulfonamides is 1. The van der Waals surface area contributed by atoms with E-state index >= 15 is 0 Å². The molecule has 2 N–H and O–H groups in total. The summed E-state index contributed by atoms with van der Waals surface area (Å²) in [7, 11) is -8.11. The molecule has 0 bridgehead atoms. The highest BCUT2D eigenvalue weighted by Gasteiger charge is 2.28. The SMILES string of the molecule is CCCOc1ccc2nc(S(C)(=O)=O)c(S(N)(=O)=O)n2c1. The Morgan fingerprint density at radius 1 is 1.29 bits per heavy atom. The molecule has 2 heterocycles. The molecule has 0 saturated heterocycles. The van der Waals surface area contributed by atoms with Crippen LogP contribution in [0.1, 0.15) is 13.3 Å². The molecule has 2 rings (SSSR count). The van der Waals surface area contributed by atoms with Crippen LogP contribution in [0.5, 0.6) is 5.75 Å². The molecule has 0 unspecified atom stereocenters. The third kappa shape index (κ3) is 3.17. The Balaban J connectivity index is 2.78. The molecule has 0 aliphatic rings. The lowest BCUT2D eigenvalue weighted by molar-refractivity contribution is 0.315. The Hall–Kier alpha value is -1.65. The van der Waals surface area contributed by atoms with Crippen LogP contribution in [0.2, 0.25) is 0 Å². The highest BCUT2D eigenvalue weighted by Crippen LogP contribution is 2.24. The Kier molecular flexibility index (Phi) is 3.95. The number of fused-ring (bicyclic) bond motifs is 1. The van der Waals surface area contributed by atoms with Gasteiger partial charge in [-0.25, -0.2) is 27.0 Å². The summed E-state index contributed by atoms with van der Waals surface area (Å²) >= 11 is 0. The van der Waals surface area contributed by atoms with Crippen LogP contribution >= 0.6 is 0 Å². The van der Waals surface area contributed by atoms with Crippen molar-refractivity contribution in [3.63, 3.8) is 0 Å². The van der Waals surface area contributed by atoms with Gasteiger partial charge in [0.15, 0.2) is 19.9 Å². The van der Waals surface area contributed by atoms with Gasteiger partial charge in [-0.15, -0.1) is 0 Å². The van der Waals surface area contributed by atoms with Crippen LogP contribution < -0.4 is 9.88 Å². The van der Waals surface area contributed by atoms with E-state index in [1.165, 1.54) is 12.3 Å². The molecule has 10 heteroatoms. The number of nitrogens with zero attached hydrogens (tertiary/aromatic N) is 2. The second kappa shape index (κ2) is 5.28. The maximum Gasteiger partial charge on any atom is 0.257 e. The summed E-state index contributed by atoms with van der Waals surface area (Å²) in [6, 6.07) is 3.05. The molecule has 0 spiro atoms. The van der Waals surface area contributed by atoms with Crippen molar-refractivity contribution in [1.29, 1.82) is 0 Å². The van der Waals surface area contributed by atoms with Gasteiger partial charge in [-0.2, -0.15) is 0 Å². The molecule has 116 valence electrons. The molecule has 0 radical (unpaired) electrons. The summed E-state index contributed by atoms with van der Waals surface area (Å²) in [5.74, 6) is 0.395. The Labute approximate surface area is 122 Å². The molecule has 0 aromatic carbocycles. The summed E-state index contributed by atoms with van der Waals surface area (Å²) in [4.78, 5) is 3.83. The molecule has 0 saturated carbocycles. The molecule has 8 nitrogen and oxygen atoms in total. The van der Waals surface area contributed by atoms with Gasteiger partial charge in [-0.3, -0.25) is 4.40 Å². The van der Waals surface area contributed by atoms with Crippen LogP contribution in [0.15, 0.2) is 28.4 Å². The first-order valence-corrected chi connectivity index (χ1v) is 9.46. The van der Waals surface area contributed by atoms with Gasteiger partial charge < -0.3 is 4.74 Å². The zero-order valence-electron chi connectivity index (χ0n) is 11.5. The molecule has 0 fully saturated rings. The molecule has 0 aliphatic heterocycles. The lowest BCUT2D eigenvalue weighted by atomic mass is 10.4. The number of aromatic nitrogens is 2. The summed E-state index contributed by atoms with van der Waals surface area (Å²) in [5.41, 5.74) is 0.156. The fourth-order valence-corrected chi connectivity index (χ4v) is 3.97. The Bertz CT molecular complexity index is 884. The van der Waals surface area contributed by atoms with Crippen molar-refractivity contribution < 1.29 is 21.6 Å². The van der Waals surface area contributed by atoms with Crippen molar-refractivity contribution in [3.05, 3.63) is 18.3 Å². The van der Waals surface area contributed by atoms with Crippen molar-refractivity contribution in [3.8, 4) is 5.75 Å². The third-order valence-electron chi connectivity index (χ3n) is 2.61. The zero-order valence-corrected chi connectivity index (χ0v) is 13.1. The molecule has 21 heavy (non-hydrogen) atoms. The van der Waals surface area contributed by atoms with E-state index in [9.17, 15) is 16.8 Å². The van der Waals surface area contributed by atoms with Gasteiger partial charge >= 0.3 is 0 Å². The quantitative estimate of drug-likeness (QED) is 0.833. The largest absolute Gasteiger partial charge is 0.492 e. The minimum atomic E-state index is -4.27. The highest BCUT2D eigenvalue weighted by atomic mass is 32.2. The van der Waals surface area contributed by atoms with Crippen LogP contribution in [-0.4, -0.2) is 39.1 Å².